The summed E-state index contributed by atoms with van der Waals surface area (Å²) >= 11 is 0. The van der Waals surface area contributed by atoms with Gasteiger partial charge in [0.1, 0.15) is 5.75 Å². The number of ether oxygens (including phenoxy) is 1. The number of amides is 3. The fourth-order valence-electron chi connectivity index (χ4n) is 1.90. The minimum absolute atomic E-state index is 0.151. The van der Waals surface area contributed by atoms with Crippen LogP contribution in [0.15, 0.2) is 60.7 Å². The van der Waals surface area contributed by atoms with Crippen molar-refractivity contribution in [3.8, 4) is 5.75 Å². The smallest absolute Gasteiger partial charge is 0.258 e. The van der Waals surface area contributed by atoms with Crippen molar-refractivity contribution in [1.82, 2.24) is 16.2 Å². The molecule has 0 bridgehead atoms. The van der Waals surface area contributed by atoms with E-state index in [4.69, 9.17) is 4.74 Å². The maximum Gasteiger partial charge on any atom is 0.258 e. The highest BCUT2D eigenvalue weighted by atomic mass is 16.5. The van der Waals surface area contributed by atoms with E-state index in [2.05, 4.69) is 16.2 Å². The molecular weight excluding hydrogens is 322 g/mol. The Kier molecular flexibility index (Phi) is 6.99. The maximum atomic E-state index is 11.7. The molecule has 2 aromatic carbocycles. The molecule has 7 nitrogen and oxygen atoms in total. The zero-order valence-corrected chi connectivity index (χ0v) is 13.5. The number of nitrogens with one attached hydrogen (secondary N) is 3. The van der Waals surface area contributed by atoms with Crippen LogP contribution < -0.4 is 20.9 Å². The van der Waals surface area contributed by atoms with Crippen molar-refractivity contribution in [3.63, 3.8) is 0 Å². The Morgan fingerprint density at radius 1 is 0.760 bits per heavy atom. The lowest BCUT2D eigenvalue weighted by molar-refractivity contribution is -0.130. The topological polar surface area (TPSA) is 96.5 Å². The summed E-state index contributed by atoms with van der Waals surface area (Å²) in [5, 5.41) is 2.40. The summed E-state index contributed by atoms with van der Waals surface area (Å²) < 4.78 is 5.25. The Labute approximate surface area is 145 Å². The van der Waals surface area contributed by atoms with Gasteiger partial charge in [-0.3, -0.25) is 25.2 Å². The SMILES string of the molecule is O=C(COc1ccccc1)NCC(=O)NNC(=O)Cc1ccccc1. The van der Waals surface area contributed by atoms with E-state index in [0.717, 1.165) is 5.56 Å². The normalized spacial score (nSPS) is 9.76. The fourth-order valence-corrected chi connectivity index (χ4v) is 1.90. The van der Waals surface area contributed by atoms with E-state index in [1.54, 1.807) is 24.3 Å². The number of carbonyl (C=O) groups is 3. The highest BCUT2D eigenvalue weighted by molar-refractivity contribution is 5.87. The molecule has 0 unspecified atom stereocenters. The molecule has 0 aliphatic heterocycles. The van der Waals surface area contributed by atoms with Gasteiger partial charge in [-0.2, -0.15) is 0 Å². The molecule has 0 radical (unpaired) electrons. The Morgan fingerprint density at radius 3 is 2.04 bits per heavy atom. The molecule has 0 aromatic heterocycles. The highest BCUT2D eigenvalue weighted by Crippen LogP contribution is 2.07. The number of carbonyl (C=O) groups excluding carboxylic acids is 3. The van der Waals surface area contributed by atoms with E-state index in [9.17, 15) is 14.4 Å². The van der Waals surface area contributed by atoms with Gasteiger partial charge >= 0.3 is 0 Å². The first-order valence-electron chi connectivity index (χ1n) is 7.69. The van der Waals surface area contributed by atoms with Crippen LogP contribution in [0.4, 0.5) is 0 Å². The lowest BCUT2D eigenvalue weighted by atomic mass is 10.1. The fraction of sp³-hybridized carbons (Fsp3) is 0.167. The minimum atomic E-state index is -0.533. The van der Waals surface area contributed by atoms with Crippen molar-refractivity contribution in [2.24, 2.45) is 0 Å². The van der Waals surface area contributed by atoms with Gasteiger partial charge < -0.3 is 10.1 Å². The van der Waals surface area contributed by atoms with Crippen molar-refractivity contribution in [2.45, 2.75) is 6.42 Å². The van der Waals surface area contributed by atoms with Crippen LogP contribution in [0.5, 0.6) is 5.75 Å². The third-order valence-electron chi connectivity index (χ3n) is 3.11. The van der Waals surface area contributed by atoms with Gasteiger partial charge in [0.05, 0.1) is 13.0 Å². The Bertz CT molecular complexity index is 705. The first-order chi connectivity index (χ1) is 12.1. The van der Waals surface area contributed by atoms with Gasteiger partial charge in [-0.1, -0.05) is 48.5 Å². The van der Waals surface area contributed by atoms with E-state index >= 15 is 0 Å². The second kappa shape index (κ2) is 9.71. The molecule has 0 fully saturated rings. The highest BCUT2D eigenvalue weighted by Gasteiger charge is 2.08. The summed E-state index contributed by atoms with van der Waals surface area (Å²) in [6.07, 6.45) is 0.151. The van der Waals surface area contributed by atoms with Gasteiger partial charge in [0.15, 0.2) is 6.61 Å². The first kappa shape index (κ1) is 18.0. The molecule has 2 aromatic rings. The van der Waals surface area contributed by atoms with Crippen molar-refractivity contribution in [2.75, 3.05) is 13.2 Å². The maximum absolute atomic E-state index is 11.7. The molecule has 0 saturated carbocycles. The third-order valence-corrected chi connectivity index (χ3v) is 3.11. The molecule has 0 atom stereocenters. The second-order valence-electron chi connectivity index (χ2n) is 5.14. The number of hydrogen-bond acceptors (Lipinski definition) is 4. The molecule has 3 N–H and O–H groups in total. The number of rotatable bonds is 7. The van der Waals surface area contributed by atoms with Gasteiger partial charge in [-0.15, -0.1) is 0 Å². The summed E-state index contributed by atoms with van der Waals surface area (Å²) in [6.45, 7) is -0.458. The van der Waals surface area contributed by atoms with E-state index in [1.165, 1.54) is 0 Å². The van der Waals surface area contributed by atoms with E-state index in [0.29, 0.717) is 5.75 Å². The molecule has 0 spiro atoms. The third kappa shape index (κ3) is 7.17. The van der Waals surface area contributed by atoms with Gasteiger partial charge in [-0.25, -0.2) is 0 Å². The standard InChI is InChI=1S/C18H19N3O4/c22-16(11-14-7-3-1-4-8-14)20-21-17(23)12-19-18(24)13-25-15-9-5-2-6-10-15/h1-10H,11-13H2,(H,19,24)(H,20,22)(H,21,23). The molecule has 130 valence electrons. The van der Waals surface area contributed by atoms with Crippen LogP contribution in [0.2, 0.25) is 0 Å². The number of para-hydroxylation sites is 1. The molecule has 0 heterocycles. The zero-order valence-electron chi connectivity index (χ0n) is 13.5. The summed E-state index contributed by atoms with van der Waals surface area (Å²) in [7, 11) is 0. The molecule has 2 rings (SSSR count). The van der Waals surface area contributed by atoms with Crippen LogP contribution in [0.3, 0.4) is 0 Å². The molecule has 0 aliphatic rings. The molecule has 0 aliphatic carbocycles. The largest absolute Gasteiger partial charge is 0.484 e. The zero-order chi connectivity index (χ0) is 17.9. The molecule has 0 saturated heterocycles. The summed E-state index contributed by atoms with van der Waals surface area (Å²) in [6, 6.07) is 18.0. The van der Waals surface area contributed by atoms with Crippen LogP contribution in [-0.4, -0.2) is 30.9 Å². The number of benzene rings is 2. The molecule has 7 heteroatoms. The Hall–Kier alpha value is -3.35. The van der Waals surface area contributed by atoms with Crippen molar-refractivity contribution in [1.29, 1.82) is 0 Å². The Balaban J connectivity index is 1.60. The van der Waals surface area contributed by atoms with E-state index in [-0.39, 0.29) is 25.5 Å². The first-order valence-corrected chi connectivity index (χ1v) is 7.69. The van der Waals surface area contributed by atoms with Gasteiger partial charge in [0, 0.05) is 0 Å². The van der Waals surface area contributed by atoms with Gasteiger partial charge in [0.2, 0.25) is 5.91 Å². The molecule has 3 amide bonds. The van der Waals surface area contributed by atoms with E-state index < -0.39 is 11.8 Å². The summed E-state index contributed by atoms with van der Waals surface area (Å²) in [5.74, 6) is -0.752. The van der Waals surface area contributed by atoms with Crippen LogP contribution in [0, 0.1) is 0 Å². The van der Waals surface area contributed by atoms with Crippen LogP contribution in [-0.2, 0) is 20.8 Å². The van der Waals surface area contributed by atoms with Crippen molar-refractivity contribution in [3.05, 3.63) is 66.2 Å². The second-order valence-corrected chi connectivity index (χ2v) is 5.14. The monoisotopic (exact) mass is 341 g/mol. The number of hydrazine groups is 1. The van der Waals surface area contributed by atoms with E-state index in [1.807, 2.05) is 36.4 Å². The molecule has 25 heavy (non-hydrogen) atoms. The van der Waals surface area contributed by atoms with Crippen molar-refractivity contribution >= 4 is 17.7 Å². The predicted molar refractivity (Wildman–Crippen MR) is 91.4 cm³/mol. The lowest BCUT2D eigenvalue weighted by Crippen LogP contribution is -2.47. The number of hydrogen-bond donors (Lipinski definition) is 3. The predicted octanol–water partition coefficient (Wildman–Crippen LogP) is 0.572. The summed E-state index contributed by atoms with van der Waals surface area (Å²) in [5.41, 5.74) is 5.36. The van der Waals surface area contributed by atoms with Crippen LogP contribution >= 0.6 is 0 Å². The average molecular weight is 341 g/mol. The quantitative estimate of drug-likeness (QED) is 0.642. The Morgan fingerprint density at radius 2 is 1.36 bits per heavy atom. The lowest BCUT2D eigenvalue weighted by Gasteiger charge is -2.09. The van der Waals surface area contributed by atoms with Gasteiger partial charge in [-0.05, 0) is 17.7 Å². The minimum Gasteiger partial charge on any atom is -0.484 e. The van der Waals surface area contributed by atoms with Crippen molar-refractivity contribution < 1.29 is 19.1 Å². The summed E-state index contributed by atoms with van der Waals surface area (Å²) in [4.78, 5) is 34.9. The van der Waals surface area contributed by atoms with Gasteiger partial charge in [0.25, 0.3) is 11.8 Å². The van der Waals surface area contributed by atoms with Crippen LogP contribution in [0.1, 0.15) is 5.56 Å². The molecular formula is C18H19N3O4. The average Bonchev–Trinajstić information content (AvgIpc) is 2.64. The van der Waals surface area contributed by atoms with Crippen LogP contribution in [0.25, 0.3) is 0 Å².